The fourth-order valence-corrected chi connectivity index (χ4v) is 2.23. The molecule has 0 aliphatic heterocycles. The average Bonchev–Trinajstić information content (AvgIpc) is 2.82. The van der Waals surface area contributed by atoms with Gasteiger partial charge in [-0.2, -0.15) is 0 Å². The van der Waals surface area contributed by atoms with E-state index in [0.29, 0.717) is 18.4 Å². The Bertz CT molecular complexity index is 549. The monoisotopic (exact) mass is 256 g/mol. The molecule has 0 amide bonds. The van der Waals surface area contributed by atoms with Gasteiger partial charge in [0.25, 0.3) is 0 Å². The number of allylic oxidation sites excluding steroid dienone is 6. The summed E-state index contributed by atoms with van der Waals surface area (Å²) in [5.41, 5.74) is 2.13. The van der Waals surface area contributed by atoms with E-state index in [-0.39, 0.29) is 5.78 Å². The van der Waals surface area contributed by atoms with E-state index in [1.54, 1.807) is 6.08 Å². The summed E-state index contributed by atoms with van der Waals surface area (Å²) in [5.74, 6) is 0.546. The fourth-order valence-electron chi connectivity index (χ4n) is 2.23. The summed E-state index contributed by atoms with van der Waals surface area (Å²) in [6.07, 6.45) is 14.5. The lowest BCUT2D eigenvalue weighted by molar-refractivity contribution is -0.114. The van der Waals surface area contributed by atoms with Gasteiger partial charge in [0.1, 0.15) is 0 Å². The number of rotatable bonds is 4. The Morgan fingerprint density at radius 1 is 1.53 bits per heavy atom. The highest BCUT2D eigenvalue weighted by Crippen LogP contribution is 2.27. The van der Waals surface area contributed by atoms with Crippen LogP contribution in [0.15, 0.2) is 48.5 Å². The van der Waals surface area contributed by atoms with Crippen molar-refractivity contribution in [3.8, 4) is 0 Å². The average molecular weight is 256 g/mol. The lowest BCUT2D eigenvalue weighted by Crippen LogP contribution is -2.14. The summed E-state index contributed by atoms with van der Waals surface area (Å²) in [4.78, 5) is 15.5. The predicted molar refractivity (Wildman–Crippen MR) is 76.8 cm³/mol. The summed E-state index contributed by atoms with van der Waals surface area (Å²) >= 11 is 0. The van der Waals surface area contributed by atoms with Gasteiger partial charge in [-0.15, -0.1) is 0 Å². The molecule has 1 aromatic heterocycles. The largest absolute Gasteiger partial charge is 0.330 e. The van der Waals surface area contributed by atoms with E-state index >= 15 is 0 Å². The van der Waals surface area contributed by atoms with Gasteiger partial charge in [-0.25, -0.2) is 4.98 Å². The standard InChI is InChI=1S/C16H20N2O/c1-4-15(19)7-5-14-6-8-16(12(2)9-14)18-10-13(3)17-11-18/h5-12,16H,4H2,1-3H3/b7-5+. The third-order valence-corrected chi connectivity index (χ3v) is 3.36. The summed E-state index contributed by atoms with van der Waals surface area (Å²) in [6, 6.07) is 0.306. The van der Waals surface area contributed by atoms with Crippen molar-refractivity contribution in [1.29, 1.82) is 0 Å². The third-order valence-electron chi connectivity index (χ3n) is 3.36. The van der Waals surface area contributed by atoms with Gasteiger partial charge in [-0.3, -0.25) is 4.79 Å². The van der Waals surface area contributed by atoms with Crippen molar-refractivity contribution in [2.24, 2.45) is 5.92 Å². The van der Waals surface area contributed by atoms with Gasteiger partial charge < -0.3 is 4.57 Å². The zero-order valence-electron chi connectivity index (χ0n) is 11.7. The van der Waals surface area contributed by atoms with Gasteiger partial charge in [0.05, 0.1) is 18.1 Å². The number of imidazole rings is 1. The second-order valence-corrected chi connectivity index (χ2v) is 4.99. The summed E-state index contributed by atoms with van der Waals surface area (Å²) in [5, 5.41) is 0. The molecular formula is C16H20N2O. The van der Waals surface area contributed by atoms with Crippen molar-refractivity contribution in [2.75, 3.05) is 0 Å². The Labute approximate surface area is 114 Å². The van der Waals surface area contributed by atoms with Crippen molar-refractivity contribution < 1.29 is 4.79 Å². The Kier molecular flexibility index (Phi) is 4.15. The van der Waals surface area contributed by atoms with Gasteiger partial charge >= 0.3 is 0 Å². The quantitative estimate of drug-likeness (QED) is 0.774. The van der Waals surface area contributed by atoms with Crippen LogP contribution in [-0.2, 0) is 4.79 Å². The second-order valence-electron chi connectivity index (χ2n) is 4.99. The maximum atomic E-state index is 11.3. The van der Waals surface area contributed by atoms with Crippen LogP contribution >= 0.6 is 0 Å². The van der Waals surface area contributed by atoms with Crippen LogP contribution in [0.25, 0.3) is 0 Å². The highest BCUT2D eigenvalue weighted by molar-refractivity contribution is 5.89. The number of carbonyl (C=O) groups is 1. The van der Waals surface area contributed by atoms with Crippen LogP contribution in [0, 0.1) is 12.8 Å². The Morgan fingerprint density at radius 2 is 2.32 bits per heavy atom. The lowest BCUT2D eigenvalue weighted by Gasteiger charge is -2.23. The molecule has 19 heavy (non-hydrogen) atoms. The van der Waals surface area contributed by atoms with Crippen LogP contribution in [0.3, 0.4) is 0 Å². The van der Waals surface area contributed by atoms with Crippen molar-refractivity contribution in [3.63, 3.8) is 0 Å². The van der Waals surface area contributed by atoms with Crippen LogP contribution in [0.2, 0.25) is 0 Å². The summed E-state index contributed by atoms with van der Waals surface area (Å²) in [7, 11) is 0. The van der Waals surface area contributed by atoms with E-state index in [1.165, 1.54) is 0 Å². The number of hydrogen-bond acceptors (Lipinski definition) is 2. The minimum Gasteiger partial charge on any atom is -0.330 e. The second kappa shape index (κ2) is 5.83. The predicted octanol–water partition coefficient (Wildman–Crippen LogP) is 3.40. The first-order valence-corrected chi connectivity index (χ1v) is 6.71. The Balaban J connectivity index is 2.09. The molecule has 2 atom stereocenters. The molecule has 1 aliphatic rings. The smallest absolute Gasteiger partial charge is 0.155 e. The van der Waals surface area contributed by atoms with E-state index < -0.39 is 0 Å². The Morgan fingerprint density at radius 3 is 2.89 bits per heavy atom. The number of carbonyl (C=O) groups excluding carboxylic acids is 1. The highest BCUT2D eigenvalue weighted by atomic mass is 16.1. The molecule has 2 unspecified atom stereocenters. The SMILES string of the molecule is CCC(=O)/C=C/C1=CC(C)C(n2cnc(C)c2)C=C1. The van der Waals surface area contributed by atoms with Crippen LogP contribution in [-0.4, -0.2) is 15.3 Å². The molecule has 3 nitrogen and oxygen atoms in total. The van der Waals surface area contributed by atoms with Crippen LogP contribution < -0.4 is 0 Å². The number of ketones is 1. The first-order valence-electron chi connectivity index (χ1n) is 6.71. The van der Waals surface area contributed by atoms with E-state index in [4.69, 9.17) is 0 Å². The van der Waals surface area contributed by atoms with E-state index in [1.807, 2.05) is 26.3 Å². The van der Waals surface area contributed by atoms with Crippen molar-refractivity contribution >= 4 is 5.78 Å². The number of aryl methyl sites for hydroxylation is 1. The lowest BCUT2D eigenvalue weighted by atomic mass is 9.92. The number of nitrogens with zero attached hydrogens (tertiary/aromatic N) is 2. The van der Waals surface area contributed by atoms with Gasteiger partial charge in [-0.05, 0) is 24.5 Å². The van der Waals surface area contributed by atoms with E-state index in [0.717, 1.165) is 11.3 Å². The van der Waals surface area contributed by atoms with E-state index in [2.05, 4.69) is 40.9 Å². The van der Waals surface area contributed by atoms with Crippen LogP contribution in [0.5, 0.6) is 0 Å². The number of aromatic nitrogens is 2. The molecule has 0 fully saturated rings. The molecule has 0 saturated carbocycles. The maximum absolute atomic E-state index is 11.3. The minimum atomic E-state index is 0.161. The molecule has 0 radical (unpaired) electrons. The Hall–Kier alpha value is -1.90. The highest BCUT2D eigenvalue weighted by Gasteiger charge is 2.17. The zero-order valence-corrected chi connectivity index (χ0v) is 11.7. The molecule has 0 aromatic carbocycles. The third kappa shape index (κ3) is 3.31. The first kappa shape index (κ1) is 13.5. The number of hydrogen-bond donors (Lipinski definition) is 0. The molecule has 3 heteroatoms. The molecule has 2 rings (SSSR count). The van der Waals surface area contributed by atoms with Crippen LogP contribution in [0.4, 0.5) is 0 Å². The molecule has 0 bridgehead atoms. The molecule has 0 saturated heterocycles. The van der Waals surface area contributed by atoms with Crippen molar-refractivity contribution in [1.82, 2.24) is 9.55 Å². The van der Waals surface area contributed by atoms with Gasteiger partial charge in [0.2, 0.25) is 0 Å². The maximum Gasteiger partial charge on any atom is 0.155 e. The fraction of sp³-hybridized carbons (Fsp3) is 0.375. The van der Waals surface area contributed by atoms with Gasteiger partial charge in [0.15, 0.2) is 5.78 Å². The first-order chi connectivity index (χ1) is 9.10. The molecular weight excluding hydrogens is 236 g/mol. The summed E-state index contributed by atoms with van der Waals surface area (Å²) in [6.45, 7) is 6.05. The molecule has 100 valence electrons. The summed E-state index contributed by atoms with van der Waals surface area (Å²) < 4.78 is 2.13. The normalized spacial score (nSPS) is 22.8. The van der Waals surface area contributed by atoms with Crippen molar-refractivity contribution in [2.45, 2.75) is 33.2 Å². The minimum absolute atomic E-state index is 0.161. The molecule has 1 aromatic rings. The van der Waals surface area contributed by atoms with Crippen molar-refractivity contribution in [3.05, 3.63) is 54.2 Å². The van der Waals surface area contributed by atoms with Gasteiger partial charge in [0, 0.05) is 12.6 Å². The zero-order chi connectivity index (χ0) is 13.8. The molecule has 1 aliphatic carbocycles. The molecule has 0 N–H and O–H groups in total. The molecule has 0 spiro atoms. The van der Waals surface area contributed by atoms with Gasteiger partial charge in [-0.1, -0.05) is 38.2 Å². The van der Waals surface area contributed by atoms with Crippen LogP contribution in [0.1, 0.15) is 32.0 Å². The topological polar surface area (TPSA) is 34.9 Å². The molecule has 1 heterocycles. The van der Waals surface area contributed by atoms with E-state index in [9.17, 15) is 4.79 Å².